The molecule has 0 atom stereocenters. The lowest BCUT2D eigenvalue weighted by Gasteiger charge is -2.37. The van der Waals surface area contributed by atoms with Crippen LogP contribution >= 0.6 is 24.0 Å². The Morgan fingerprint density at radius 3 is 2.81 bits per heavy atom. The normalized spacial score (nSPS) is 24.0. The van der Waals surface area contributed by atoms with Crippen LogP contribution in [0.2, 0.25) is 0 Å². The summed E-state index contributed by atoms with van der Waals surface area (Å²) >= 11 is 0. The molecule has 1 heterocycles. The van der Waals surface area contributed by atoms with Crippen molar-refractivity contribution >= 4 is 29.9 Å². The quantitative estimate of drug-likeness (QED) is 0.761. The average molecular weight is 405 g/mol. The van der Waals surface area contributed by atoms with Crippen molar-refractivity contribution in [3.63, 3.8) is 0 Å². The van der Waals surface area contributed by atoms with Crippen LogP contribution in [0.4, 0.5) is 4.39 Å². The molecule has 0 saturated heterocycles. The number of benzene rings is 1. The SMILES string of the molecule is COc1ccc(C2CC(NC3=NCCCN3)C2)cc1F.I. The largest absolute Gasteiger partial charge is 0.494 e. The summed E-state index contributed by atoms with van der Waals surface area (Å²) in [6, 6.07) is 5.70. The highest BCUT2D eigenvalue weighted by Gasteiger charge is 2.31. The minimum Gasteiger partial charge on any atom is -0.494 e. The topological polar surface area (TPSA) is 45.6 Å². The fraction of sp³-hybridized carbons (Fsp3) is 0.533. The van der Waals surface area contributed by atoms with Gasteiger partial charge in [0.15, 0.2) is 17.5 Å². The maximum atomic E-state index is 13.7. The van der Waals surface area contributed by atoms with Crippen LogP contribution in [0.1, 0.15) is 30.7 Å². The van der Waals surface area contributed by atoms with E-state index in [1.54, 1.807) is 12.1 Å². The Morgan fingerprint density at radius 1 is 1.38 bits per heavy atom. The molecular weight excluding hydrogens is 384 g/mol. The molecule has 4 nitrogen and oxygen atoms in total. The number of ether oxygens (including phenoxy) is 1. The van der Waals surface area contributed by atoms with E-state index in [0.717, 1.165) is 43.9 Å². The molecule has 0 radical (unpaired) electrons. The summed E-state index contributed by atoms with van der Waals surface area (Å²) in [6.45, 7) is 1.89. The van der Waals surface area contributed by atoms with E-state index in [1.165, 1.54) is 7.11 Å². The lowest BCUT2D eigenvalue weighted by molar-refractivity contribution is 0.319. The van der Waals surface area contributed by atoms with Crippen molar-refractivity contribution < 1.29 is 9.13 Å². The first kappa shape index (κ1) is 16.3. The first-order chi connectivity index (χ1) is 9.76. The Balaban J connectivity index is 0.00000161. The van der Waals surface area contributed by atoms with Gasteiger partial charge in [-0.2, -0.15) is 0 Å². The number of methoxy groups -OCH3 is 1. The van der Waals surface area contributed by atoms with Crippen molar-refractivity contribution in [1.82, 2.24) is 10.6 Å². The summed E-state index contributed by atoms with van der Waals surface area (Å²) < 4.78 is 18.6. The van der Waals surface area contributed by atoms with Gasteiger partial charge in [-0.15, -0.1) is 24.0 Å². The number of guanidine groups is 1. The predicted molar refractivity (Wildman–Crippen MR) is 92.2 cm³/mol. The van der Waals surface area contributed by atoms with Crippen LogP contribution in [0.5, 0.6) is 5.75 Å². The Hall–Kier alpha value is -1.05. The number of nitrogens with one attached hydrogen (secondary N) is 2. The summed E-state index contributed by atoms with van der Waals surface area (Å²) in [5.74, 6) is 1.38. The molecule has 21 heavy (non-hydrogen) atoms. The van der Waals surface area contributed by atoms with Crippen LogP contribution in [-0.4, -0.2) is 32.2 Å². The lowest BCUT2D eigenvalue weighted by Crippen LogP contribution is -2.50. The van der Waals surface area contributed by atoms with Gasteiger partial charge in [0.05, 0.1) is 7.11 Å². The molecule has 0 amide bonds. The average Bonchev–Trinajstić information content (AvgIpc) is 2.43. The Kier molecular flexibility index (Phi) is 5.66. The Labute approximate surface area is 141 Å². The summed E-state index contributed by atoms with van der Waals surface area (Å²) in [7, 11) is 1.49. The molecule has 0 bridgehead atoms. The number of halogens is 2. The molecule has 1 saturated carbocycles. The fourth-order valence-electron chi connectivity index (χ4n) is 2.77. The first-order valence-electron chi connectivity index (χ1n) is 7.14. The number of aliphatic imine (C=N–C) groups is 1. The van der Waals surface area contributed by atoms with E-state index in [9.17, 15) is 4.39 Å². The van der Waals surface area contributed by atoms with Gasteiger partial charge < -0.3 is 15.4 Å². The maximum Gasteiger partial charge on any atom is 0.191 e. The molecule has 1 aromatic carbocycles. The van der Waals surface area contributed by atoms with Gasteiger partial charge >= 0.3 is 0 Å². The van der Waals surface area contributed by atoms with Gasteiger partial charge in [-0.05, 0) is 42.9 Å². The third-order valence-electron chi connectivity index (χ3n) is 4.02. The number of nitrogens with zero attached hydrogens (tertiary/aromatic N) is 1. The van der Waals surface area contributed by atoms with E-state index in [4.69, 9.17) is 4.74 Å². The minimum absolute atomic E-state index is 0. The summed E-state index contributed by atoms with van der Waals surface area (Å²) in [5.41, 5.74) is 1.06. The summed E-state index contributed by atoms with van der Waals surface area (Å²) in [5, 5.41) is 6.67. The number of rotatable bonds is 3. The fourth-order valence-corrected chi connectivity index (χ4v) is 2.77. The molecule has 0 aromatic heterocycles. The molecule has 6 heteroatoms. The van der Waals surface area contributed by atoms with Gasteiger partial charge in [0.2, 0.25) is 0 Å². The van der Waals surface area contributed by atoms with E-state index in [0.29, 0.717) is 17.7 Å². The smallest absolute Gasteiger partial charge is 0.191 e. The molecule has 2 aliphatic rings. The highest BCUT2D eigenvalue weighted by molar-refractivity contribution is 14.0. The molecule has 1 aromatic rings. The van der Waals surface area contributed by atoms with Crippen molar-refractivity contribution in [3.8, 4) is 5.75 Å². The van der Waals surface area contributed by atoms with Crippen LogP contribution in [0.25, 0.3) is 0 Å². The van der Waals surface area contributed by atoms with Crippen molar-refractivity contribution in [3.05, 3.63) is 29.6 Å². The van der Waals surface area contributed by atoms with Gasteiger partial charge in [-0.3, -0.25) is 4.99 Å². The van der Waals surface area contributed by atoms with Crippen molar-refractivity contribution in [2.45, 2.75) is 31.2 Å². The molecule has 1 aliphatic carbocycles. The number of hydrogen-bond donors (Lipinski definition) is 2. The maximum absolute atomic E-state index is 13.7. The standard InChI is InChI=1S/C15H20FN3O.HI/c1-20-14-4-3-10(9-13(14)16)11-7-12(8-11)19-15-17-5-2-6-18-15;/h3-4,9,11-12H,2,5-8H2,1H3,(H2,17,18,19);1H. The second-order valence-electron chi connectivity index (χ2n) is 5.41. The lowest BCUT2D eigenvalue weighted by atomic mass is 9.76. The van der Waals surface area contributed by atoms with E-state index in [1.807, 2.05) is 6.07 Å². The molecule has 3 rings (SSSR count). The number of hydrogen-bond acceptors (Lipinski definition) is 4. The highest BCUT2D eigenvalue weighted by atomic mass is 127. The molecule has 0 unspecified atom stereocenters. The van der Waals surface area contributed by atoms with Crippen LogP contribution in [0.3, 0.4) is 0 Å². The van der Waals surface area contributed by atoms with Gasteiger partial charge in [0.25, 0.3) is 0 Å². The molecule has 0 spiro atoms. The van der Waals surface area contributed by atoms with E-state index >= 15 is 0 Å². The minimum atomic E-state index is -0.278. The van der Waals surface area contributed by atoms with Crippen LogP contribution in [0, 0.1) is 5.82 Å². The third kappa shape index (κ3) is 3.78. The second kappa shape index (κ2) is 7.29. The monoisotopic (exact) mass is 405 g/mol. The second-order valence-corrected chi connectivity index (χ2v) is 5.41. The van der Waals surface area contributed by atoms with Crippen molar-refractivity contribution in [2.24, 2.45) is 4.99 Å². The molecule has 1 fully saturated rings. The predicted octanol–water partition coefficient (Wildman–Crippen LogP) is 2.64. The third-order valence-corrected chi connectivity index (χ3v) is 4.02. The highest BCUT2D eigenvalue weighted by Crippen LogP contribution is 2.38. The Bertz CT molecular complexity index is 518. The zero-order valence-corrected chi connectivity index (χ0v) is 14.4. The van der Waals surface area contributed by atoms with E-state index in [-0.39, 0.29) is 29.8 Å². The van der Waals surface area contributed by atoms with Crippen LogP contribution in [0.15, 0.2) is 23.2 Å². The zero-order chi connectivity index (χ0) is 13.9. The van der Waals surface area contributed by atoms with E-state index < -0.39 is 0 Å². The van der Waals surface area contributed by atoms with Crippen molar-refractivity contribution in [1.29, 1.82) is 0 Å². The zero-order valence-electron chi connectivity index (χ0n) is 12.1. The van der Waals surface area contributed by atoms with E-state index in [2.05, 4.69) is 15.6 Å². The molecule has 116 valence electrons. The van der Waals surface area contributed by atoms with Crippen LogP contribution in [-0.2, 0) is 0 Å². The van der Waals surface area contributed by atoms with Crippen LogP contribution < -0.4 is 15.4 Å². The molecule has 2 N–H and O–H groups in total. The van der Waals surface area contributed by atoms with Crippen molar-refractivity contribution in [2.75, 3.05) is 20.2 Å². The van der Waals surface area contributed by atoms with Gasteiger partial charge in [-0.1, -0.05) is 6.07 Å². The first-order valence-corrected chi connectivity index (χ1v) is 7.14. The Morgan fingerprint density at radius 2 is 2.19 bits per heavy atom. The van der Waals surface area contributed by atoms with Gasteiger partial charge in [0.1, 0.15) is 0 Å². The van der Waals surface area contributed by atoms with Gasteiger partial charge in [0, 0.05) is 19.1 Å². The van der Waals surface area contributed by atoms with Gasteiger partial charge in [-0.25, -0.2) is 4.39 Å². The molecular formula is C15H21FIN3O. The molecule has 1 aliphatic heterocycles. The summed E-state index contributed by atoms with van der Waals surface area (Å²) in [6.07, 6.45) is 3.14. The summed E-state index contributed by atoms with van der Waals surface area (Å²) in [4.78, 5) is 4.40.